The molecule has 1 N–H and O–H groups in total. The van der Waals surface area contributed by atoms with E-state index in [0.717, 1.165) is 19.4 Å². The molecule has 0 aromatic carbocycles. The number of carbonyl (C=O) groups excluding carboxylic acids is 1. The molecule has 4 heteroatoms. The lowest BCUT2D eigenvalue weighted by molar-refractivity contribution is -0.140. The van der Waals surface area contributed by atoms with E-state index >= 15 is 0 Å². The summed E-state index contributed by atoms with van der Waals surface area (Å²) in [6, 6.07) is 0.415. The molecule has 1 aliphatic carbocycles. The molecule has 0 bridgehead atoms. The summed E-state index contributed by atoms with van der Waals surface area (Å²) in [6.45, 7) is 6.37. The Hall–Kier alpha value is -1.06. The van der Waals surface area contributed by atoms with E-state index in [1.807, 2.05) is 25.7 Å². The van der Waals surface area contributed by atoms with Crippen LogP contribution in [0.1, 0.15) is 46.5 Å². The predicted molar refractivity (Wildman–Crippen MR) is 61.1 cm³/mol. The summed E-state index contributed by atoms with van der Waals surface area (Å²) < 4.78 is 0. The molecule has 0 saturated heterocycles. The van der Waals surface area contributed by atoms with E-state index in [1.54, 1.807) is 0 Å². The lowest BCUT2D eigenvalue weighted by atomic mass is 9.85. The lowest BCUT2D eigenvalue weighted by Crippen LogP contribution is -2.36. The van der Waals surface area contributed by atoms with Gasteiger partial charge >= 0.3 is 5.97 Å². The highest BCUT2D eigenvalue weighted by molar-refractivity contribution is 5.78. The maximum absolute atomic E-state index is 12.0. The number of hydrogen-bond donors (Lipinski definition) is 1. The minimum absolute atomic E-state index is 0.0426. The minimum atomic E-state index is -0.840. The van der Waals surface area contributed by atoms with E-state index in [2.05, 4.69) is 0 Å². The molecule has 1 rings (SSSR count). The number of carboxylic acids is 1. The van der Waals surface area contributed by atoms with E-state index < -0.39 is 11.4 Å². The van der Waals surface area contributed by atoms with Crippen molar-refractivity contribution >= 4 is 11.9 Å². The molecule has 1 fully saturated rings. The molecule has 1 aliphatic rings. The molecule has 92 valence electrons. The number of rotatable bonds is 6. The van der Waals surface area contributed by atoms with Gasteiger partial charge in [-0.25, -0.2) is 0 Å². The Labute approximate surface area is 96.6 Å². The minimum Gasteiger partial charge on any atom is -0.481 e. The summed E-state index contributed by atoms with van der Waals surface area (Å²) in [6.07, 6.45) is 2.56. The molecule has 16 heavy (non-hydrogen) atoms. The second kappa shape index (κ2) is 4.85. The predicted octanol–water partition coefficient (Wildman–Crippen LogP) is 1.89. The Kier molecular flexibility index (Phi) is 3.94. The van der Waals surface area contributed by atoms with Crippen LogP contribution in [-0.4, -0.2) is 34.5 Å². The summed E-state index contributed by atoms with van der Waals surface area (Å²) in [5.41, 5.74) is -0.453. The Morgan fingerprint density at radius 3 is 2.25 bits per heavy atom. The molecule has 1 amide bonds. The monoisotopic (exact) mass is 227 g/mol. The van der Waals surface area contributed by atoms with Crippen LogP contribution in [0.5, 0.6) is 0 Å². The summed E-state index contributed by atoms with van der Waals surface area (Å²) in [5.74, 6) is -0.747. The van der Waals surface area contributed by atoms with Gasteiger partial charge in [0.25, 0.3) is 0 Å². The molecule has 4 nitrogen and oxygen atoms in total. The van der Waals surface area contributed by atoms with Crippen LogP contribution in [0.3, 0.4) is 0 Å². The zero-order valence-electron chi connectivity index (χ0n) is 10.3. The van der Waals surface area contributed by atoms with Crippen molar-refractivity contribution in [3.8, 4) is 0 Å². The fraction of sp³-hybridized carbons (Fsp3) is 0.833. The van der Waals surface area contributed by atoms with Gasteiger partial charge in [-0.3, -0.25) is 9.59 Å². The van der Waals surface area contributed by atoms with Crippen molar-refractivity contribution in [2.24, 2.45) is 5.41 Å². The van der Waals surface area contributed by atoms with E-state index in [9.17, 15) is 9.59 Å². The van der Waals surface area contributed by atoms with Gasteiger partial charge in [-0.2, -0.15) is 0 Å². The van der Waals surface area contributed by atoms with E-state index in [1.165, 1.54) is 0 Å². The molecular weight excluding hydrogens is 206 g/mol. The molecular formula is C12H21NO3. The van der Waals surface area contributed by atoms with Gasteiger partial charge in [-0.15, -0.1) is 0 Å². The highest BCUT2D eigenvalue weighted by Crippen LogP contribution is 2.31. The van der Waals surface area contributed by atoms with Crippen LogP contribution in [0.4, 0.5) is 0 Å². The molecule has 1 saturated carbocycles. The lowest BCUT2D eigenvalue weighted by Gasteiger charge is -2.27. The largest absolute Gasteiger partial charge is 0.481 e. The van der Waals surface area contributed by atoms with Crippen LogP contribution in [0, 0.1) is 5.41 Å². The average Bonchev–Trinajstić information content (AvgIpc) is 2.85. The van der Waals surface area contributed by atoms with Crippen LogP contribution in [0.15, 0.2) is 0 Å². The maximum atomic E-state index is 12.0. The van der Waals surface area contributed by atoms with Gasteiger partial charge in [-0.1, -0.05) is 13.8 Å². The van der Waals surface area contributed by atoms with Gasteiger partial charge in [0.15, 0.2) is 0 Å². The Bertz CT molecular complexity index is 282. The Morgan fingerprint density at radius 1 is 1.31 bits per heavy atom. The second-order valence-electron chi connectivity index (χ2n) is 5.32. The Morgan fingerprint density at radius 2 is 1.88 bits per heavy atom. The van der Waals surface area contributed by atoms with Gasteiger partial charge in [0.2, 0.25) is 5.91 Å². The third-order valence-electron chi connectivity index (χ3n) is 2.91. The number of aliphatic carboxylic acids is 1. The number of amides is 1. The first-order chi connectivity index (χ1) is 7.35. The summed E-state index contributed by atoms with van der Waals surface area (Å²) in [4.78, 5) is 24.5. The van der Waals surface area contributed by atoms with Crippen LogP contribution >= 0.6 is 0 Å². The highest BCUT2D eigenvalue weighted by atomic mass is 16.4. The standard InChI is InChI=1S/C12H21NO3/c1-4-13(9-5-6-9)10(14)7-12(2,3)8-11(15)16/h9H,4-8H2,1-3H3,(H,15,16). The van der Waals surface area contributed by atoms with Crippen LogP contribution in [0.2, 0.25) is 0 Å². The zero-order chi connectivity index (χ0) is 12.3. The fourth-order valence-corrected chi connectivity index (χ4v) is 2.01. The van der Waals surface area contributed by atoms with Gasteiger partial charge in [0.05, 0.1) is 6.42 Å². The van der Waals surface area contributed by atoms with Crippen molar-refractivity contribution in [2.45, 2.75) is 52.5 Å². The molecule has 0 heterocycles. The van der Waals surface area contributed by atoms with E-state index in [4.69, 9.17) is 5.11 Å². The first kappa shape index (κ1) is 13.0. The number of carboxylic acid groups (broad SMARTS) is 1. The van der Waals surface area contributed by atoms with Crippen LogP contribution in [0.25, 0.3) is 0 Å². The third kappa shape index (κ3) is 3.83. The van der Waals surface area contributed by atoms with Crippen molar-refractivity contribution in [3.05, 3.63) is 0 Å². The van der Waals surface area contributed by atoms with E-state index in [0.29, 0.717) is 12.5 Å². The average molecular weight is 227 g/mol. The topological polar surface area (TPSA) is 57.6 Å². The molecule has 0 atom stereocenters. The van der Waals surface area contributed by atoms with E-state index in [-0.39, 0.29) is 12.3 Å². The molecule has 0 aromatic rings. The van der Waals surface area contributed by atoms with Gasteiger partial charge in [0, 0.05) is 19.0 Å². The van der Waals surface area contributed by atoms with Gasteiger partial charge < -0.3 is 10.0 Å². The number of carbonyl (C=O) groups is 2. The molecule has 0 radical (unpaired) electrons. The quantitative estimate of drug-likeness (QED) is 0.753. The number of hydrogen-bond acceptors (Lipinski definition) is 2. The summed E-state index contributed by atoms with van der Waals surface area (Å²) >= 11 is 0. The molecule has 0 aliphatic heterocycles. The van der Waals surface area contributed by atoms with Crippen molar-refractivity contribution in [3.63, 3.8) is 0 Å². The van der Waals surface area contributed by atoms with Crippen molar-refractivity contribution < 1.29 is 14.7 Å². The highest BCUT2D eigenvalue weighted by Gasteiger charge is 2.34. The van der Waals surface area contributed by atoms with Crippen LogP contribution in [-0.2, 0) is 9.59 Å². The first-order valence-electron chi connectivity index (χ1n) is 5.87. The Balaban J connectivity index is 2.51. The molecule has 0 aromatic heterocycles. The van der Waals surface area contributed by atoms with Gasteiger partial charge in [0.1, 0.15) is 0 Å². The molecule has 0 spiro atoms. The zero-order valence-corrected chi connectivity index (χ0v) is 10.3. The van der Waals surface area contributed by atoms with Crippen molar-refractivity contribution in [2.75, 3.05) is 6.54 Å². The van der Waals surface area contributed by atoms with Crippen molar-refractivity contribution in [1.29, 1.82) is 0 Å². The van der Waals surface area contributed by atoms with Crippen molar-refractivity contribution in [1.82, 2.24) is 4.90 Å². The number of nitrogens with zero attached hydrogens (tertiary/aromatic N) is 1. The molecule has 0 unspecified atom stereocenters. The first-order valence-corrected chi connectivity index (χ1v) is 5.87. The SMILES string of the molecule is CCN(C(=O)CC(C)(C)CC(=O)O)C1CC1. The summed E-state index contributed by atoms with van der Waals surface area (Å²) in [5, 5.41) is 8.75. The maximum Gasteiger partial charge on any atom is 0.303 e. The summed E-state index contributed by atoms with van der Waals surface area (Å²) in [7, 11) is 0. The normalized spacial score (nSPS) is 15.9. The van der Waals surface area contributed by atoms with Gasteiger partial charge in [-0.05, 0) is 25.2 Å². The fourth-order valence-electron chi connectivity index (χ4n) is 2.01. The van der Waals surface area contributed by atoms with Crippen LogP contribution < -0.4 is 0 Å². The third-order valence-corrected chi connectivity index (χ3v) is 2.91. The second-order valence-corrected chi connectivity index (χ2v) is 5.32. The smallest absolute Gasteiger partial charge is 0.303 e.